The molecule has 0 saturated heterocycles. The van der Waals surface area contributed by atoms with Crippen LogP contribution in [0.15, 0.2) is 18.2 Å². The normalized spacial score (nSPS) is 9.78. The SMILES string of the molecule is CCOCC.COc1ccc(COP=O)c(C)c1. The lowest BCUT2D eigenvalue weighted by Crippen LogP contribution is -1.90. The van der Waals surface area contributed by atoms with Gasteiger partial charge in [0.15, 0.2) is 0 Å². The molecule has 18 heavy (non-hydrogen) atoms. The standard InChI is InChI=1S/C9H11O3P.C4H10O/c1-7-5-9(11-2)4-3-8(7)6-12-13-10;1-3-5-4-2/h3-5H,6H2,1-2H3;3-4H2,1-2H3. The average Bonchev–Trinajstić information content (AvgIpc) is 2.39. The molecule has 0 bridgehead atoms. The van der Waals surface area contributed by atoms with E-state index < -0.39 is 0 Å². The van der Waals surface area contributed by atoms with Gasteiger partial charge in [-0.05, 0) is 44.0 Å². The van der Waals surface area contributed by atoms with Crippen LogP contribution in [0.5, 0.6) is 5.75 Å². The topological polar surface area (TPSA) is 44.8 Å². The summed E-state index contributed by atoms with van der Waals surface area (Å²) in [6.07, 6.45) is 0. The Bertz CT molecular complexity index is 340. The molecule has 1 aromatic rings. The molecule has 0 radical (unpaired) electrons. The Morgan fingerprint density at radius 1 is 1.22 bits per heavy atom. The van der Waals surface area contributed by atoms with E-state index in [1.807, 2.05) is 39.0 Å². The largest absolute Gasteiger partial charge is 0.497 e. The van der Waals surface area contributed by atoms with Gasteiger partial charge in [0.05, 0.1) is 13.7 Å². The quantitative estimate of drug-likeness (QED) is 0.739. The van der Waals surface area contributed by atoms with Gasteiger partial charge in [0.1, 0.15) is 5.75 Å². The summed E-state index contributed by atoms with van der Waals surface area (Å²) in [4.78, 5) is 0. The molecule has 5 heteroatoms. The van der Waals surface area contributed by atoms with Crippen LogP contribution in [0.1, 0.15) is 25.0 Å². The monoisotopic (exact) mass is 272 g/mol. The Balaban J connectivity index is 0.000000494. The fourth-order valence-corrected chi connectivity index (χ4v) is 1.45. The van der Waals surface area contributed by atoms with E-state index in [2.05, 4.69) is 0 Å². The molecular formula is C13H21O4P. The van der Waals surface area contributed by atoms with Crippen LogP contribution in [0.3, 0.4) is 0 Å². The van der Waals surface area contributed by atoms with Gasteiger partial charge in [0, 0.05) is 13.2 Å². The molecule has 0 aliphatic heterocycles. The molecule has 0 atom stereocenters. The Morgan fingerprint density at radius 3 is 2.28 bits per heavy atom. The molecule has 0 saturated carbocycles. The van der Waals surface area contributed by atoms with Crippen LogP contribution in [0.25, 0.3) is 0 Å². The predicted molar refractivity (Wildman–Crippen MR) is 72.3 cm³/mol. The van der Waals surface area contributed by atoms with E-state index in [1.165, 1.54) is 0 Å². The molecule has 0 aliphatic rings. The lowest BCUT2D eigenvalue weighted by molar-refractivity contribution is 0.162. The second kappa shape index (κ2) is 11.1. The summed E-state index contributed by atoms with van der Waals surface area (Å²) >= 11 is 0. The number of ether oxygens (including phenoxy) is 2. The van der Waals surface area contributed by atoms with Crippen LogP contribution in [0.4, 0.5) is 0 Å². The van der Waals surface area contributed by atoms with Crippen LogP contribution in [-0.4, -0.2) is 20.3 Å². The molecule has 0 unspecified atom stereocenters. The third-order valence-corrected chi connectivity index (χ3v) is 2.47. The third-order valence-electron chi connectivity index (χ3n) is 2.23. The molecule has 1 aromatic carbocycles. The second-order valence-corrected chi connectivity index (χ2v) is 3.83. The van der Waals surface area contributed by atoms with Gasteiger partial charge in [0.25, 0.3) is 0 Å². The second-order valence-electron chi connectivity index (χ2n) is 3.42. The van der Waals surface area contributed by atoms with E-state index in [0.29, 0.717) is 6.61 Å². The van der Waals surface area contributed by atoms with Gasteiger partial charge in [-0.25, -0.2) is 4.57 Å². The predicted octanol–water partition coefficient (Wildman–Crippen LogP) is 3.77. The Labute approximate surface area is 111 Å². The first-order valence-electron chi connectivity index (χ1n) is 5.85. The molecule has 4 nitrogen and oxygen atoms in total. The van der Waals surface area contributed by atoms with E-state index in [4.69, 9.17) is 14.0 Å². The highest BCUT2D eigenvalue weighted by Gasteiger charge is 2.00. The fraction of sp³-hybridized carbons (Fsp3) is 0.538. The highest BCUT2D eigenvalue weighted by atomic mass is 31.1. The first kappa shape index (κ1) is 17.0. The summed E-state index contributed by atoms with van der Waals surface area (Å²) in [5, 5.41) is 0. The van der Waals surface area contributed by atoms with Gasteiger partial charge in [0.2, 0.25) is 0 Å². The van der Waals surface area contributed by atoms with E-state index in [-0.39, 0.29) is 8.69 Å². The first-order valence-corrected chi connectivity index (χ1v) is 6.58. The van der Waals surface area contributed by atoms with Gasteiger partial charge < -0.3 is 9.47 Å². The van der Waals surface area contributed by atoms with E-state index in [0.717, 1.165) is 30.1 Å². The third kappa shape index (κ3) is 7.38. The van der Waals surface area contributed by atoms with Gasteiger partial charge >= 0.3 is 8.69 Å². The molecule has 0 amide bonds. The van der Waals surface area contributed by atoms with Crippen molar-refractivity contribution in [3.8, 4) is 5.75 Å². The van der Waals surface area contributed by atoms with E-state index in [9.17, 15) is 4.57 Å². The number of aryl methyl sites for hydroxylation is 1. The molecule has 0 aliphatic carbocycles. The van der Waals surface area contributed by atoms with Crippen molar-refractivity contribution in [1.82, 2.24) is 0 Å². The van der Waals surface area contributed by atoms with Gasteiger partial charge in [-0.2, -0.15) is 0 Å². The van der Waals surface area contributed by atoms with Crippen molar-refractivity contribution in [3.05, 3.63) is 29.3 Å². The van der Waals surface area contributed by atoms with Crippen LogP contribution >= 0.6 is 8.69 Å². The first-order chi connectivity index (χ1) is 8.69. The molecule has 1 rings (SSSR count). The van der Waals surface area contributed by atoms with E-state index >= 15 is 0 Å². The van der Waals surface area contributed by atoms with Crippen LogP contribution < -0.4 is 4.74 Å². The Morgan fingerprint density at radius 2 is 1.89 bits per heavy atom. The van der Waals surface area contributed by atoms with Crippen molar-refractivity contribution in [3.63, 3.8) is 0 Å². The number of benzene rings is 1. The minimum absolute atomic E-state index is 0.285. The minimum atomic E-state index is -0.285. The fourth-order valence-electron chi connectivity index (χ4n) is 1.26. The van der Waals surface area contributed by atoms with Crippen molar-refractivity contribution < 1.29 is 18.6 Å². The van der Waals surface area contributed by atoms with Crippen LogP contribution in [0.2, 0.25) is 0 Å². The average molecular weight is 272 g/mol. The maximum atomic E-state index is 10.1. The van der Waals surface area contributed by atoms with Gasteiger partial charge in [-0.15, -0.1) is 0 Å². The lowest BCUT2D eigenvalue weighted by Gasteiger charge is -2.05. The molecule has 0 heterocycles. The molecular weight excluding hydrogens is 251 g/mol. The summed E-state index contributed by atoms with van der Waals surface area (Å²) < 4.78 is 24.7. The molecule has 0 fully saturated rings. The smallest absolute Gasteiger partial charge is 0.327 e. The van der Waals surface area contributed by atoms with Crippen molar-refractivity contribution in [2.75, 3.05) is 20.3 Å². The Kier molecular flexibility index (Phi) is 10.6. The zero-order valence-electron chi connectivity index (χ0n) is 11.4. The summed E-state index contributed by atoms with van der Waals surface area (Å²) in [5.41, 5.74) is 2.09. The number of rotatable bonds is 6. The Hall–Kier alpha value is -0.960. The van der Waals surface area contributed by atoms with Crippen molar-refractivity contribution in [1.29, 1.82) is 0 Å². The van der Waals surface area contributed by atoms with Crippen LogP contribution in [-0.2, 0) is 20.4 Å². The summed E-state index contributed by atoms with van der Waals surface area (Å²) in [6, 6.07) is 5.67. The van der Waals surface area contributed by atoms with Gasteiger partial charge in [-0.3, -0.25) is 4.52 Å². The molecule has 0 spiro atoms. The highest BCUT2D eigenvalue weighted by molar-refractivity contribution is 7.17. The minimum Gasteiger partial charge on any atom is -0.497 e. The molecule has 102 valence electrons. The molecule has 0 aromatic heterocycles. The lowest BCUT2D eigenvalue weighted by atomic mass is 10.1. The zero-order valence-corrected chi connectivity index (χ0v) is 12.3. The maximum absolute atomic E-state index is 10.1. The number of hydrogen-bond donors (Lipinski definition) is 0. The molecule has 0 N–H and O–H groups in total. The maximum Gasteiger partial charge on any atom is 0.327 e. The summed E-state index contributed by atoms with van der Waals surface area (Å²) in [6.45, 7) is 7.99. The van der Waals surface area contributed by atoms with Crippen molar-refractivity contribution in [2.45, 2.75) is 27.4 Å². The highest BCUT2D eigenvalue weighted by Crippen LogP contribution is 2.18. The van der Waals surface area contributed by atoms with Gasteiger partial charge in [-0.1, -0.05) is 6.07 Å². The summed E-state index contributed by atoms with van der Waals surface area (Å²) in [7, 11) is 1.34. The van der Waals surface area contributed by atoms with Crippen molar-refractivity contribution >= 4 is 8.69 Å². The number of methoxy groups -OCH3 is 1. The summed E-state index contributed by atoms with van der Waals surface area (Å²) in [5.74, 6) is 0.820. The van der Waals surface area contributed by atoms with Crippen molar-refractivity contribution in [2.24, 2.45) is 0 Å². The zero-order chi connectivity index (χ0) is 13.8. The van der Waals surface area contributed by atoms with E-state index in [1.54, 1.807) is 7.11 Å². The van der Waals surface area contributed by atoms with Crippen LogP contribution in [0, 0.1) is 6.92 Å². The number of hydrogen-bond acceptors (Lipinski definition) is 4.